The Balaban J connectivity index is 1.85. The van der Waals surface area contributed by atoms with Crippen molar-refractivity contribution in [3.8, 4) is 10.7 Å². The lowest BCUT2D eigenvalue weighted by molar-refractivity contribution is -0.118. The molecule has 3 aromatic heterocycles. The van der Waals surface area contributed by atoms with E-state index in [1.807, 2.05) is 49.8 Å². The minimum Gasteiger partial charge on any atom is -0.370 e. The molecule has 0 spiro atoms. The molecule has 2 N–H and O–H groups in total. The molecular weight excluding hydrogens is 384 g/mol. The lowest BCUT2D eigenvalue weighted by Crippen LogP contribution is -2.15. The summed E-state index contributed by atoms with van der Waals surface area (Å²) in [4.78, 5) is 16.8. The van der Waals surface area contributed by atoms with E-state index in [0.29, 0.717) is 23.4 Å². The van der Waals surface area contributed by atoms with E-state index in [1.165, 1.54) is 11.8 Å². The Morgan fingerprint density at radius 3 is 2.78 bits per heavy atom. The first kappa shape index (κ1) is 19.6. The molecule has 3 heterocycles. The first-order valence-electron chi connectivity index (χ1n) is 8.52. The normalized spacial score (nSPS) is 13.0. The van der Waals surface area contributed by atoms with Gasteiger partial charge in [0, 0.05) is 18.4 Å². The van der Waals surface area contributed by atoms with Crippen LogP contribution >= 0.6 is 23.1 Å². The number of nitrogens with two attached hydrogens (primary N) is 1. The molecule has 0 radical (unpaired) electrons. The number of hydrogen-bond donors (Lipinski definition) is 1. The second-order valence-corrected chi connectivity index (χ2v) is 9.37. The highest BCUT2D eigenvalue weighted by molar-refractivity contribution is 7.99. The van der Waals surface area contributed by atoms with Gasteiger partial charge in [-0.3, -0.25) is 4.79 Å². The van der Waals surface area contributed by atoms with Crippen molar-refractivity contribution in [2.45, 2.75) is 56.5 Å². The third-order valence-corrected chi connectivity index (χ3v) is 5.72. The fourth-order valence-corrected chi connectivity index (χ4v) is 3.92. The molecule has 8 nitrogen and oxygen atoms in total. The van der Waals surface area contributed by atoms with Gasteiger partial charge >= 0.3 is 0 Å². The largest absolute Gasteiger partial charge is 0.370 e. The van der Waals surface area contributed by atoms with Gasteiger partial charge in [0.05, 0.1) is 10.1 Å². The molecule has 0 saturated carbocycles. The molecule has 0 aliphatic heterocycles. The number of carbonyl (C=O) groups is 1. The maximum atomic E-state index is 11.3. The molecule has 3 rings (SSSR count). The van der Waals surface area contributed by atoms with E-state index in [1.54, 1.807) is 11.3 Å². The van der Waals surface area contributed by atoms with Gasteiger partial charge < -0.3 is 14.8 Å². The third-order valence-electron chi connectivity index (χ3n) is 3.78. The van der Waals surface area contributed by atoms with E-state index < -0.39 is 0 Å². The van der Waals surface area contributed by atoms with E-state index >= 15 is 0 Å². The van der Waals surface area contributed by atoms with Crippen LogP contribution in [0.3, 0.4) is 0 Å². The molecule has 0 fully saturated rings. The Kier molecular flexibility index (Phi) is 5.66. The second-order valence-electron chi connectivity index (χ2n) is 7.12. The van der Waals surface area contributed by atoms with Crippen molar-refractivity contribution in [3.05, 3.63) is 29.2 Å². The van der Waals surface area contributed by atoms with Crippen LogP contribution in [0.25, 0.3) is 10.7 Å². The van der Waals surface area contributed by atoms with E-state index in [4.69, 9.17) is 10.3 Å². The fourth-order valence-electron chi connectivity index (χ4n) is 2.30. The Morgan fingerprint density at radius 1 is 1.41 bits per heavy atom. The van der Waals surface area contributed by atoms with E-state index in [-0.39, 0.29) is 23.0 Å². The molecule has 27 heavy (non-hydrogen) atoms. The maximum Gasteiger partial charge on any atom is 0.239 e. The Hall–Kier alpha value is -2.20. The zero-order valence-electron chi connectivity index (χ0n) is 15.7. The standard InChI is InChI=1S/C17H22N6O2S2/c1-10(14-19-15(22-25-14)17(2,3)4)27-16-21-20-13(11-6-5-9-26-11)23(16)8-7-12(18)24/h5-6,9-10H,7-8H2,1-4H3,(H2,18,24). The van der Waals surface area contributed by atoms with Gasteiger partial charge in [0.2, 0.25) is 11.8 Å². The van der Waals surface area contributed by atoms with Crippen molar-refractivity contribution in [1.29, 1.82) is 0 Å². The quantitative estimate of drug-likeness (QED) is 0.598. The van der Waals surface area contributed by atoms with Gasteiger partial charge in [0.1, 0.15) is 0 Å². The molecule has 1 atom stereocenters. The second kappa shape index (κ2) is 7.81. The van der Waals surface area contributed by atoms with Gasteiger partial charge in [-0.25, -0.2) is 0 Å². The van der Waals surface area contributed by atoms with Crippen LogP contribution in [0.2, 0.25) is 0 Å². The maximum absolute atomic E-state index is 11.3. The van der Waals surface area contributed by atoms with Gasteiger partial charge in [-0.2, -0.15) is 4.98 Å². The number of amides is 1. The number of rotatable bonds is 7. The van der Waals surface area contributed by atoms with Gasteiger partial charge in [-0.15, -0.1) is 21.5 Å². The predicted octanol–water partition coefficient (Wildman–Crippen LogP) is 3.42. The van der Waals surface area contributed by atoms with Crippen LogP contribution in [0.5, 0.6) is 0 Å². The monoisotopic (exact) mass is 406 g/mol. The summed E-state index contributed by atoms with van der Waals surface area (Å²) < 4.78 is 7.35. The Morgan fingerprint density at radius 2 is 2.19 bits per heavy atom. The summed E-state index contributed by atoms with van der Waals surface area (Å²) >= 11 is 3.03. The predicted molar refractivity (Wildman–Crippen MR) is 104 cm³/mol. The molecule has 144 valence electrons. The number of aromatic nitrogens is 5. The zero-order valence-corrected chi connectivity index (χ0v) is 17.3. The van der Waals surface area contributed by atoms with Gasteiger partial charge in [-0.1, -0.05) is 43.8 Å². The summed E-state index contributed by atoms with van der Waals surface area (Å²) in [7, 11) is 0. The number of nitrogens with zero attached hydrogens (tertiary/aromatic N) is 5. The Labute approximate surface area is 165 Å². The molecule has 0 bridgehead atoms. The topological polar surface area (TPSA) is 113 Å². The van der Waals surface area contributed by atoms with Crippen molar-refractivity contribution < 1.29 is 9.32 Å². The van der Waals surface area contributed by atoms with Crippen molar-refractivity contribution in [1.82, 2.24) is 24.9 Å². The van der Waals surface area contributed by atoms with E-state index in [9.17, 15) is 4.79 Å². The zero-order chi connectivity index (χ0) is 19.6. The molecule has 0 aromatic carbocycles. The minimum absolute atomic E-state index is 0.110. The number of thioether (sulfide) groups is 1. The Bertz CT molecular complexity index is 910. The molecular formula is C17H22N6O2S2. The smallest absolute Gasteiger partial charge is 0.239 e. The van der Waals surface area contributed by atoms with Crippen molar-refractivity contribution in [2.75, 3.05) is 0 Å². The van der Waals surface area contributed by atoms with Crippen LogP contribution < -0.4 is 5.73 Å². The first-order chi connectivity index (χ1) is 12.8. The summed E-state index contributed by atoms with van der Waals surface area (Å²) in [6.07, 6.45) is 0.215. The molecule has 0 aliphatic carbocycles. The number of carbonyl (C=O) groups excluding carboxylic acids is 1. The van der Waals surface area contributed by atoms with Gasteiger partial charge in [0.15, 0.2) is 16.8 Å². The summed E-state index contributed by atoms with van der Waals surface area (Å²) in [5.74, 6) is 1.56. The summed E-state index contributed by atoms with van der Waals surface area (Å²) in [6, 6.07) is 3.93. The van der Waals surface area contributed by atoms with Gasteiger partial charge in [-0.05, 0) is 18.4 Å². The molecule has 0 saturated heterocycles. The van der Waals surface area contributed by atoms with Crippen LogP contribution in [0.15, 0.2) is 27.2 Å². The van der Waals surface area contributed by atoms with Crippen molar-refractivity contribution in [2.24, 2.45) is 5.73 Å². The van der Waals surface area contributed by atoms with Gasteiger partial charge in [0.25, 0.3) is 0 Å². The minimum atomic E-state index is -0.364. The molecule has 10 heteroatoms. The molecule has 1 unspecified atom stereocenters. The SMILES string of the molecule is CC(Sc1nnc(-c2cccs2)n1CCC(N)=O)c1nc(C(C)(C)C)no1. The van der Waals surface area contributed by atoms with Crippen molar-refractivity contribution >= 4 is 29.0 Å². The van der Waals surface area contributed by atoms with Crippen LogP contribution in [0.4, 0.5) is 0 Å². The fraction of sp³-hybridized carbons (Fsp3) is 0.471. The highest BCUT2D eigenvalue weighted by atomic mass is 32.2. The molecule has 1 amide bonds. The number of thiophene rings is 1. The highest BCUT2D eigenvalue weighted by Crippen LogP contribution is 2.36. The lowest BCUT2D eigenvalue weighted by atomic mass is 9.96. The average Bonchev–Trinajstić information content (AvgIpc) is 3.32. The van der Waals surface area contributed by atoms with E-state index in [0.717, 1.165) is 10.7 Å². The van der Waals surface area contributed by atoms with Crippen LogP contribution in [-0.4, -0.2) is 30.8 Å². The summed E-state index contributed by atoms with van der Waals surface area (Å²) in [6.45, 7) is 8.50. The van der Waals surface area contributed by atoms with Crippen LogP contribution in [0.1, 0.15) is 51.1 Å². The average molecular weight is 407 g/mol. The highest BCUT2D eigenvalue weighted by Gasteiger charge is 2.25. The van der Waals surface area contributed by atoms with E-state index in [2.05, 4.69) is 20.3 Å². The lowest BCUT2D eigenvalue weighted by Gasteiger charge is -2.11. The third kappa shape index (κ3) is 4.56. The van der Waals surface area contributed by atoms with Crippen LogP contribution in [-0.2, 0) is 16.8 Å². The summed E-state index contributed by atoms with van der Waals surface area (Å²) in [5.41, 5.74) is 5.15. The number of hydrogen-bond acceptors (Lipinski definition) is 8. The molecule has 0 aliphatic rings. The van der Waals surface area contributed by atoms with Crippen LogP contribution in [0, 0.1) is 0 Å². The molecule has 3 aromatic rings. The van der Waals surface area contributed by atoms with Crippen molar-refractivity contribution in [3.63, 3.8) is 0 Å². The first-order valence-corrected chi connectivity index (χ1v) is 10.3. The number of primary amides is 1. The summed E-state index contributed by atoms with van der Waals surface area (Å²) in [5, 5.41) is 15.2.